The van der Waals surface area contributed by atoms with Gasteiger partial charge in [0.25, 0.3) is 0 Å². The second-order valence-corrected chi connectivity index (χ2v) is 5.35. The van der Waals surface area contributed by atoms with Crippen LogP contribution in [-0.2, 0) is 0 Å². The molecule has 0 amide bonds. The van der Waals surface area contributed by atoms with Crippen molar-refractivity contribution in [2.45, 2.75) is 12.1 Å². The molecule has 0 fully saturated rings. The third-order valence-corrected chi connectivity index (χ3v) is 3.57. The van der Waals surface area contributed by atoms with Crippen molar-refractivity contribution in [1.29, 1.82) is 5.26 Å². The summed E-state index contributed by atoms with van der Waals surface area (Å²) >= 11 is 0. The number of halogens is 2. The number of aliphatic hydroxyl groups excluding tert-OH is 2. The van der Waals surface area contributed by atoms with Gasteiger partial charge in [-0.1, -0.05) is 18.2 Å². The van der Waals surface area contributed by atoms with E-state index in [1.54, 1.807) is 24.3 Å². The van der Waals surface area contributed by atoms with Gasteiger partial charge in [-0.05, 0) is 24.3 Å². The molecular weight excluding hydrogens is 330 g/mol. The highest BCUT2D eigenvalue weighted by atomic mass is 19.1. The monoisotopic (exact) mass is 348 g/mol. The van der Waals surface area contributed by atoms with E-state index in [9.17, 15) is 19.0 Å². The molecule has 3 N–H and O–H groups in total. The Morgan fingerprint density at radius 1 is 1.12 bits per heavy atom. The molecule has 132 valence electrons. The second kappa shape index (κ2) is 9.08. The molecule has 0 aliphatic rings. The van der Waals surface area contributed by atoms with Crippen molar-refractivity contribution < 1.29 is 23.7 Å². The summed E-state index contributed by atoms with van der Waals surface area (Å²) in [6, 6.07) is 11.0. The molecule has 5 nitrogen and oxygen atoms in total. The lowest BCUT2D eigenvalue weighted by Crippen LogP contribution is -2.36. The predicted octanol–water partition coefficient (Wildman–Crippen LogP) is 1.90. The number of hydrogen-bond acceptors (Lipinski definition) is 5. The van der Waals surface area contributed by atoms with Crippen molar-refractivity contribution in [3.05, 3.63) is 65.2 Å². The molecule has 2 aromatic rings. The number of para-hydroxylation sites is 1. The summed E-state index contributed by atoms with van der Waals surface area (Å²) in [6.07, 6.45) is -1.00. The van der Waals surface area contributed by atoms with Crippen molar-refractivity contribution in [3.8, 4) is 11.8 Å². The molecule has 2 rings (SSSR count). The number of aliphatic hydroxyl groups is 2. The fourth-order valence-corrected chi connectivity index (χ4v) is 2.31. The fourth-order valence-electron chi connectivity index (χ4n) is 2.31. The first kappa shape index (κ1) is 18.8. The highest BCUT2D eigenvalue weighted by molar-refractivity contribution is 5.42. The maximum atomic E-state index is 13.8. The zero-order valence-corrected chi connectivity index (χ0v) is 13.3. The van der Waals surface area contributed by atoms with E-state index in [0.29, 0.717) is 11.3 Å². The molecule has 0 bridgehead atoms. The van der Waals surface area contributed by atoms with Gasteiger partial charge < -0.3 is 20.3 Å². The van der Waals surface area contributed by atoms with Crippen LogP contribution in [0.1, 0.15) is 17.2 Å². The van der Waals surface area contributed by atoms with Gasteiger partial charge in [-0.15, -0.1) is 0 Å². The Labute approximate surface area is 144 Å². The van der Waals surface area contributed by atoms with Gasteiger partial charge in [0.15, 0.2) is 0 Å². The standard InChI is InChI=1S/C18H18F2N2O3/c19-14-5-3-6-15(20)18(14)16(10-23)22-9-13(24)11-25-17-7-2-1-4-12(17)8-21/h1-7,13,16,22-24H,9-11H2. The van der Waals surface area contributed by atoms with Crippen LogP contribution in [0.25, 0.3) is 0 Å². The fraction of sp³-hybridized carbons (Fsp3) is 0.278. The summed E-state index contributed by atoms with van der Waals surface area (Å²) < 4.78 is 32.9. The van der Waals surface area contributed by atoms with Gasteiger partial charge in [0.05, 0.1) is 18.2 Å². The van der Waals surface area contributed by atoms with Crippen LogP contribution >= 0.6 is 0 Å². The Hall–Kier alpha value is -2.53. The molecular formula is C18H18F2N2O3. The highest BCUT2D eigenvalue weighted by Gasteiger charge is 2.20. The molecule has 0 aliphatic carbocycles. The van der Waals surface area contributed by atoms with Crippen LogP contribution in [0.3, 0.4) is 0 Å². The number of hydrogen-bond donors (Lipinski definition) is 3. The minimum absolute atomic E-state index is 0.0618. The average molecular weight is 348 g/mol. The van der Waals surface area contributed by atoms with E-state index in [2.05, 4.69) is 5.32 Å². The lowest BCUT2D eigenvalue weighted by Gasteiger charge is -2.20. The summed E-state index contributed by atoms with van der Waals surface area (Å²) in [4.78, 5) is 0. The molecule has 0 saturated carbocycles. The quantitative estimate of drug-likeness (QED) is 0.678. The molecule has 2 atom stereocenters. The van der Waals surface area contributed by atoms with Gasteiger partial charge >= 0.3 is 0 Å². The Kier molecular flexibility index (Phi) is 6.83. The molecule has 0 aromatic heterocycles. The SMILES string of the molecule is N#Cc1ccccc1OCC(O)CNC(CO)c1c(F)cccc1F. The maximum Gasteiger partial charge on any atom is 0.137 e. The van der Waals surface area contributed by atoms with Crippen LogP contribution in [0, 0.1) is 23.0 Å². The van der Waals surface area contributed by atoms with Gasteiger partial charge in [-0.2, -0.15) is 5.26 Å². The number of ether oxygens (including phenoxy) is 1. The van der Waals surface area contributed by atoms with Crippen LogP contribution in [-0.4, -0.2) is 36.1 Å². The van der Waals surface area contributed by atoms with E-state index < -0.39 is 30.4 Å². The molecule has 7 heteroatoms. The Morgan fingerprint density at radius 3 is 2.44 bits per heavy atom. The van der Waals surface area contributed by atoms with Gasteiger partial charge in [0.1, 0.15) is 36.2 Å². The molecule has 2 aromatic carbocycles. The van der Waals surface area contributed by atoms with Crippen LogP contribution in [0.2, 0.25) is 0 Å². The van der Waals surface area contributed by atoms with E-state index in [1.807, 2.05) is 6.07 Å². The molecule has 2 unspecified atom stereocenters. The van der Waals surface area contributed by atoms with Gasteiger partial charge in [-0.3, -0.25) is 0 Å². The largest absolute Gasteiger partial charge is 0.489 e. The zero-order chi connectivity index (χ0) is 18.2. The maximum absolute atomic E-state index is 13.8. The lowest BCUT2D eigenvalue weighted by molar-refractivity contribution is 0.0991. The van der Waals surface area contributed by atoms with Gasteiger partial charge in [0, 0.05) is 12.1 Å². The highest BCUT2D eigenvalue weighted by Crippen LogP contribution is 2.20. The molecule has 25 heavy (non-hydrogen) atoms. The van der Waals surface area contributed by atoms with Crippen LogP contribution in [0.5, 0.6) is 5.75 Å². The molecule has 0 aliphatic heterocycles. The van der Waals surface area contributed by atoms with E-state index in [-0.39, 0.29) is 18.7 Å². The molecule has 0 radical (unpaired) electrons. The number of nitrogens with one attached hydrogen (secondary N) is 1. The van der Waals surface area contributed by atoms with Gasteiger partial charge in [0.2, 0.25) is 0 Å². The van der Waals surface area contributed by atoms with E-state index in [1.165, 1.54) is 6.07 Å². The summed E-state index contributed by atoms with van der Waals surface area (Å²) in [6.45, 7) is -0.722. The first-order valence-electron chi connectivity index (χ1n) is 7.65. The molecule has 0 saturated heterocycles. The number of benzene rings is 2. The average Bonchev–Trinajstić information content (AvgIpc) is 2.62. The zero-order valence-electron chi connectivity index (χ0n) is 13.3. The van der Waals surface area contributed by atoms with E-state index in [4.69, 9.17) is 10.00 Å². The van der Waals surface area contributed by atoms with Crippen LogP contribution in [0.15, 0.2) is 42.5 Å². The first-order chi connectivity index (χ1) is 12.1. The minimum atomic E-state index is -1.00. The van der Waals surface area contributed by atoms with E-state index in [0.717, 1.165) is 12.1 Å². The van der Waals surface area contributed by atoms with Crippen LogP contribution in [0.4, 0.5) is 8.78 Å². The summed E-state index contributed by atoms with van der Waals surface area (Å²) in [5.74, 6) is -1.22. The molecule has 0 heterocycles. The predicted molar refractivity (Wildman–Crippen MR) is 86.8 cm³/mol. The van der Waals surface area contributed by atoms with Crippen molar-refractivity contribution in [1.82, 2.24) is 5.32 Å². The lowest BCUT2D eigenvalue weighted by atomic mass is 10.1. The van der Waals surface area contributed by atoms with Crippen molar-refractivity contribution in [2.24, 2.45) is 0 Å². The number of rotatable bonds is 8. The summed E-state index contributed by atoms with van der Waals surface area (Å²) in [5, 5.41) is 31.0. The number of nitrogens with zero attached hydrogens (tertiary/aromatic N) is 1. The minimum Gasteiger partial charge on any atom is -0.489 e. The summed E-state index contributed by atoms with van der Waals surface area (Å²) in [7, 11) is 0. The van der Waals surface area contributed by atoms with E-state index >= 15 is 0 Å². The number of nitriles is 1. The Bertz CT molecular complexity index is 729. The first-order valence-corrected chi connectivity index (χ1v) is 7.65. The third-order valence-electron chi connectivity index (χ3n) is 3.57. The van der Waals surface area contributed by atoms with Gasteiger partial charge in [-0.25, -0.2) is 8.78 Å². The Morgan fingerprint density at radius 2 is 1.80 bits per heavy atom. The Balaban J connectivity index is 1.92. The van der Waals surface area contributed by atoms with Crippen molar-refractivity contribution in [3.63, 3.8) is 0 Å². The summed E-state index contributed by atoms with van der Waals surface area (Å²) in [5.41, 5.74) is 0.0530. The smallest absolute Gasteiger partial charge is 0.137 e. The van der Waals surface area contributed by atoms with Crippen LogP contribution < -0.4 is 10.1 Å². The topological polar surface area (TPSA) is 85.5 Å². The second-order valence-electron chi connectivity index (χ2n) is 5.35. The van der Waals surface area contributed by atoms with Crippen molar-refractivity contribution >= 4 is 0 Å². The molecule has 0 spiro atoms. The normalized spacial score (nSPS) is 13.1. The van der Waals surface area contributed by atoms with Crippen molar-refractivity contribution in [2.75, 3.05) is 19.8 Å². The third kappa shape index (κ3) is 4.97.